The van der Waals surface area contributed by atoms with Crippen LogP contribution in [0.15, 0.2) is 77.3 Å². The number of carbonyl (C=O) groups is 2. The summed E-state index contributed by atoms with van der Waals surface area (Å²) in [6, 6.07) is 21.6. The van der Waals surface area contributed by atoms with E-state index in [1.54, 1.807) is 42.5 Å². The number of amides is 2. The third kappa shape index (κ3) is 6.35. The van der Waals surface area contributed by atoms with Gasteiger partial charge in [0.1, 0.15) is 24.7 Å². The fourth-order valence-electron chi connectivity index (χ4n) is 2.63. The Morgan fingerprint density at radius 1 is 0.833 bits per heavy atom. The molecule has 0 spiro atoms. The normalized spacial score (nSPS) is 10.2. The number of para-hydroxylation sites is 1. The van der Waals surface area contributed by atoms with E-state index in [-0.39, 0.29) is 11.8 Å². The molecule has 3 aromatic carbocycles. The monoisotopic (exact) mass is 468 g/mol. The number of ether oxygens (including phenoxy) is 2. The molecule has 0 fully saturated rings. The second-order valence-corrected chi connectivity index (χ2v) is 7.22. The van der Waals surface area contributed by atoms with Gasteiger partial charge < -0.3 is 20.1 Å². The lowest BCUT2D eigenvalue weighted by atomic mass is 10.2. The second kappa shape index (κ2) is 10.5. The lowest BCUT2D eigenvalue weighted by Crippen LogP contribution is -2.13. The van der Waals surface area contributed by atoms with Gasteiger partial charge in [0.15, 0.2) is 0 Å². The van der Waals surface area contributed by atoms with Gasteiger partial charge in [-0.2, -0.15) is 0 Å². The summed E-state index contributed by atoms with van der Waals surface area (Å²) in [6.45, 7) is 2.23. The molecule has 3 rings (SSSR count). The first-order valence-electron chi connectivity index (χ1n) is 9.30. The molecule has 0 radical (unpaired) electrons. The lowest BCUT2D eigenvalue weighted by Gasteiger charge is -2.11. The minimum Gasteiger partial charge on any atom is -0.490 e. The summed E-state index contributed by atoms with van der Waals surface area (Å²) in [5.41, 5.74) is 1.78. The summed E-state index contributed by atoms with van der Waals surface area (Å²) in [5, 5.41) is 5.50. The Bertz CT molecular complexity index is 1010. The van der Waals surface area contributed by atoms with Crippen molar-refractivity contribution in [2.45, 2.75) is 6.92 Å². The first-order valence-corrected chi connectivity index (χ1v) is 10.1. The van der Waals surface area contributed by atoms with Crippen LogP contribution in [0.4, 0.5) is 11.4 Å². The summed E-state index contributed by atoms with van der Waals surface area (Å²) in [6.07, 6.45) is 0. The van der Waals surface area contributed by atoms with E-state index < -0.39 is 0 Å². The third-order valence-corrected chi connectivity index (χ3v) is 4.63. The molecule has 0 aliphatic heterocycles. The maximum Gasteiger partial charge on any atom is 0.255 e. The van der Waals surface area contributed by atoms with Crippen molar-refractivity contribution < 1.29 is 19.1 Å². The Labute approximate surface area is 183 Å². The predicted octanol–water partition coefficient (Wildman–Crippen LogP) is 5.12. The number of hydrogen-bond acceptors (Lipinski definition) is 4. The summed E-state index contributed by atoms with van der Waals surface area (Å²) in [7, 11) is 0. The molecule has 0 atom stereocenters. The Hall–Kier alpha value is -3.32. The molecule has 3 aromatic rings. The third-order valence-electron chi connectivity index (χ3n) is 4.01. The van der Waals surface area contributed by atoms with Gasteiger partial charge in [0.05, 0.1) is 4.47 Å². The van der Waals surface area contributed by atoms with Gasteiger partial charge in [-0.1, -0.05) is 18.2 Å². The number of halogens is 1. The van der Waals surface area contributed by atoms with Gasteiger partial charge in [-0.05, 0) is 70.5 Å². The van der Waals surface area contributed by atoms with Crippen LogP contribution in [0.3, 0.4) is 0 Å². The summed E-state index contributed by atoms with van der Waals surface area (Å²) in [4.78, 5) is 23.6. The quantitative estimate of drug-likeness (QED) is 0.449. The smallest absolute Gasteiger partial charge is 0.255 e. The fourth-order valence-corrected chi connectivity index (χ4v) is 3.12. The van der Waals surface area contributed by atoms with Crippen LogP contribution >= 0.6 is 15.9 Å². The summed E-state index contributed by atoms with van der Waals surface area (Å²) >= 11 is 3.44. The average molecular weight is 469 g/mol. The van der Waals surface area contributed by atoms with E-state index in [1.165, 1.54) is 6.92 Å². The summed E-state index contributed by atoms with van der Waals surface area (Å²) < 4.78 is 12.0. The van der Waals surface area contributed by atoms with E-state index in [2.05, 4.69) is 26.6 Å². The number of carbonyl (C=O) groups excluding carboxylic acids is 2. The lowest BCUT2D eigenvalue weighted by molar-refractivity contribution is -0.114. The van der Waals surface area contributed by atoms with Crippen LogP contribution in [-0.2, 0) is 4.79 Å². The van der Waals surface area contributed by atoms with Crippen molar-refractivity contribution in [1.82, 2.24) is 0 Å². The molecule has 0 bridgehead atoms. The predicted molar refractivity (Wildman–Crippen MR) is 120 cm³/mol. The maximum absolute atomic E-state index is 12.5. The topological polar surface area (TPSA) is 76.7 Å². The van der Waals surface area contributed by atoms with Crippen molar-refractivity contribution in [3.8, 4) is 11.5 Å². The van der Waals surface area contributed by atoms with Crippen molar-refractivity contribution in [3.63, 3.8) is 0 Å². The Morgan fingerprint density at radius 2 is 1.47 bits per heavy atom. The van der Waals surface area contributed by atoms with Gasteiger partial charge in [0.2, 0.25) is 5.91 Å². The van der Waals surface area contributed by atoms with Crippen molar-refractivity contribution >= 4 is 39.1 Å². The average Bonchev–Trinajstić information content (AvgIpc) is 2.74. The van der Waals surface area contributed by atoms with Crippen molar-refractivity contribution in [3.05, 3.63) is 82.8 Å². The Morgan fingerprint density at radius 3 is 2.10 bits per heavy atom. The molecule has 0 aromatic heterocycles. The van der Waals surface area contributed by atoms with Gasteiger partial charge in [0, 0.05) is 23.9 Å². The number of anilines is 2. The molecular formula is C23H21BrN2O4. The molecule has 0 aliphatic rings. The van der Waals surface area contributed by atoms with Crippen molar-refractivity contribution in [1.29, 1.82) is 0 Å². The highest BCUT2D eigenvalue weighted by Gasteiger charge is 2.10. The summed E-state index contributed by atoms with van der Waals surface area (Å²) in [5.74, 6) is 1.02. The molecule has 6 nitrogen and oxygen atoms in total. The number of hydrogen-bond donors (Lipinski definition) is 2. The van der Waals surface area contributed by atoms with Gasteiger partial charge in [-0.25, -0.2) is 0 Å². The van der Waals surface area contributed by atoms with Gasteiger partial charge in [0.25, 0.3) is 5.91 Å². The molecule has 0 saturated carbocycles. The van der Waals surface area contributed by atoms with Crippen LogP contribution in [0.25, 0.3) is 0 Å². The molecule has 154 valence electrons. The largest absolute Gasteiger partial charge is 0.490 e. The minimum atomic E-state index is -0.248. The van der Waals surface area contributed by atoms with E-state index in [0.717, 1.165) is 5.75 Å². The van der Waals surface area contributed by atoms with Crippen molar-refractivity contribution in [2.24, 2.45) is 0 Å². The molecule has 2 amide bonds. The zero-order valence-corrected chi connectivity index (χ0v) is 17.9. The number of rotatable bonds is 8. The SMILES string of the molecule is CC(=O)Nc1ccc(NC(=O)c2ccc(OCCOc3ccccc3)c(Br)c2)cc1. The molecule has 7 heteroatoms. The second-order valence-electron chi connectivity index (χ2n) is 6.37. The maximum atomic E-state index is 12.5. The molecule has 2 N–H and O–H groups in total. The number of benzene rings is 3. The van der Waals surface area contributed by atoms with E-state index in [9.17, 15) is 9.59 Å². The van der Waals surface area contributed by atoms with E-state index >= 15 is 0 Å². The number of nitrogens with one attached hydrogen (secondary N) is 2. The standard InChI is InChI=1S/C23H21BrN2O4/c1-16(27)25-18-8-10-19(11-9-18)26-23(28)17-7-12-22(21(24)15-17)30-14-13-29-20-5-3-2-4-6-20/h2-12,15H,13-14H2,1H3,(H,25,27)(H,26,28). The van der Waals surface area contributed by atoms with Crippen LogP contribution in [-0.4, -0.2) is 25.0 Å². The van der Waals surface area contributed by atoms with Crippen LogP contribution in [0.5, 0.6) is 11.5 Å². The highest BCUT2D eigenvalue weighted by molar-refractivity contribution is 9.10. The van der Waals surface area contributed by atoms with E-state index in [4.69, 9.17) is 9.47 Å². The molecule has 0 aliphatic carbocycles. The van der Waals surface area contributed by atoms with E-state index in [1.807, 2.05) is 30.3 Å². The first-order chi connectivity index (χ1) is 14.5. The van der Waals surface area contributed by atoms with Gasteiger partial charge in [-0.3, -0.25) is 9.59 Å². The highest BCUT2D eigenvalue weighted by Crippen LogP contribution is 2.26. The van der Waals surface area contributed by atoms with Crippen LogP contribution in [0, 0.1) is 0 Å². The highest BCUT2D eigenvalue weighted by atomic mass is 79.9. The Balaban J connectivity index is 1.52. The molecule has 0 heterocycles. The molecule has 30 heavy (non-hydrogen) atoms. The molecule has 0 unspecified atom stereocenters. The minimum absolute atomic E-state index is 0.148. The first kappa shape index (κ1) is 21.4. The van der Waals surface area contributed by atoms with Crippen LogP contribution in [0.2, 0.25) is 0 Å². The Kier molecular flexibility index (Phi) is 7.45. The fraction of sp³-hybridized carbons (Fsp3) is 0.130. The van der Waals surface area contributed by atoms with Gasteiger partial charge in [-0.15, -0.1) is 0 Å². The molecule has 0 saturated heterocycles. The molecular weight excluding hydrogens is 448 g/mol. The van der Waals surface area contributed by atoms with E-state index in [0.29, 0.717) is 40.4 Å². The zero-order chi connectivity index (χ0) is 21.3. The van der Waals surface area contributed by atoms with Gasteiger partial charge >= 0.3 is 0 Å². The van der Waals surface area contributed by atoms with Crippen LogP contribution in [0.1, 0.15) is 17.3 Å². The zero-order valence-electron chi connectivity index (χ0n) is 16.4. The van der Waals surface area contributed by atoms with Crippen molar-refractivity contribution in [2.75, 3.05) is 23.8 Å². The van der Waals surface area contributed by atoms with Crippen LogP contribution < -0.4 is 20.1 Å².